The summed E-state index contributed by atoms with van der Waals surface area (Å²) >= 11 is 0. The van der Waals surface area contributed by atoms with E-state index in [1.165, 1.54) is 17.7 Å². The van der Waals surface area contributed by atoms with E-state index >= 15 is 0 Å². The average molecular weight is 239 g/mol. The number of nitrogens with zero attached hydrogens (tertiary/aromatic N) is 1. The molecule has 0 N–H and O–H groups in total. The molecule has 0 aliphatic carbocycles. The van der Waals surface area contributed by atoms with Crippen LogP contribution in [0.1, 0.15) is 29.0 Å². The number of hydrogen-bond acceptors (Lipinski definition) is 1. The molecule has 0 fully saturated rings. The van der Waals surface area contributed by atoms with Crippen molar-refractivity contribution in [3.05, 3.63) is 71.0 Å². The number of halogens is 1. The Labute approximate surface area is 107 Å². The molecule has 18 heavy (non-hydrogen) atoms. The molecule has 1 nitrogen and oxygen atoms in total. The van der Waals surface area contributed by atoms with Crippen LogP contribution in [0.15, 0.2) is 48.5 Å². The van der Waals surface area contributed by atoms with Crippen molar-refractivity contribution >= 4 is 0 Å². The SMILES string of the molecule is Cc1ccc([C@H](CC#N)c2ccc(F)cc2)cc1. The number of hydrogen-bond donors (Lipinski definition) is 0. The Balaban J connectivity index is 2.36. The van der Waals surface area contributed by atoms with E-state index in [-0.39, 0.29) is 11.7 Å². The third kappa shape index (κ3) is 2.75. The molecule has 1 atom stereocenters. The Morgan fingerprint density at radius 1 is 1.00 bits per heavy atom. The molecule has 0 saturated carbocycles. The second-order valence-corrected chi connectivity index (χ2v) is 4.38. The van der Waals surface area contributed by atoms with E-state index in [2.05, 4.69) is 6.07 Å². The monoisotopic (exact) mass is 239 g/mol. The van der Waals surface area contributed by atoms with Crippen LogP contribution in [0, 0.1) is 24.1 Å². The highest BCUT2D eigenvalue weighted by atomic mass is 19.1. The van der Waals surface area contributed by atoms with E-state index in [4.69, 9.17) is 5.26 Å². The second-order valence-electron chi connectivity index (χ2n) is 4.38. The van der Waals surface area contributed by atoms with E-state index in [1.807, 2.05) is 31.2 Å². The number of benzene rings is 2. The molecular formula is C16H14FN. The molecule has 0 aliphatic heterocycles. The van der Waals surface area contributed by atoms with Crippen molar-refractivity contribution in [1.82, 2.24) is 0 Å². The first-order chi connectivity index (χ1) is 8.70. The maximum Gasteiger partial charge on any atom is 0.123 e. The lowest BCUT2D eigenvalue weighted by molar-refractivity contribution is 0.626. The highest BCUT2D eigenvalue weighted by molar-refractivity contribution is 5.34. The van der Waals surface area contributed by atoms with Gasteiger partial charge in [-0.25, -0.2) is 4.39 Å². The predicted molar refractivity (Wildman–Crippen MR) is 69.7 cm³/mol. The zero-order valence-corrected chi connectivity index (χ0v) is 10.2. The molecule has 0 bridgehead atoms. The molecule has 0 amide bonds. The molecule has 0 aromatic heterocycles. The fraction of sp³-hybridized carbons (Fsp3) is 0.188. The minimum Gasteiger partial charge on any atom is -0.207 e. The van der Waals surface area contributed by atoms with Gasteiger partial charge >= 0.3 is 0 Å². The average Bonchev–Trinajstić information content (AvgIpc) is 2.39. The fourth-order valence-corrected chi connectivity index (χ4v) is 2.01. The minimum atomic E-state index is -0.252. The Morgan fingerprint density at radius 2 is 1.50 bits per heavy atom. The van der Waals surface area contributed by atoms with Crippen LogP contribution in [0.3, 0.4) is 0 Å². The lowest BCUT2D eigenvalue weighted by Crippen LogP contribution is -2.00. The Morgan fingerprint density at radius 3 is 2.00 bits per heavy atom. The van der Waals surface area contributed by atoms with Crippen LogP contribution in [-0.4, -0.2) is 0 Å². The van der Waals surface area contributed by atoms with Crippen LogP contribution >= 0.6 is 0 Å². The molecular weight excluding hydrogens is 225 g/mol. The fourth-order valence-electron chi connectivity index (χ4n) is 2.01. The molecule has 0 aliphatic rings. The van der Waals surface area contributed by atoms with Crippen molar-refractivity contribution in [2.45, 2.75) is 19.3 Å². The number of nitriles is 1. The summed E-state index contributed by atoms with van der Waals surface area (Å²) in [6.07, 6.45) is 0.398. The molecule has 0 radical (unpaired) electrons. The molecule has 2 rings (SSSR count). The summed E-state index contributed by atoms with van der Waals surface area (Å²) in [5, 5.41) is 8.94. The molecule has 2 heteroatoms. The Bertz CT molecular complexity index is 504. The molecule has 0 heterocycles. The van der Waals surface area contributed by atoms with Crippen LogP contribution in [-0.2, 0) is 0 Å². The quantitative estimate of drug-likeness (QED) is 0.788. The summed E-state index contributed by atoms with van der Waals surface area (Å²) in [4.78, 5) is 0. The van der Waals surface area contributed by atoms with Gasteiger partial charge in [0.15, 0.2) is 0 Å². The van der Waals surface area contributed by atoms with E-state index in [0.29, 0.717) is 6.42 Å². The second kappa shape index (κ2) is 5.46. The first kappa shape index (κ1) is 12.3. The highest BCUT2D eigenvalue weighted by Crippen LogP contribution is 2.28. The summed E-state index contributed by atoms with van der Waals surface area (Å²) in [5.74, 6) is -0.241. The van der Waals surface area contributed by atoms with Gasteiger partial charge in [0, 0.05) is 12.3 Å². The molecule has 0 saturated heterocycles. The van der Waals surface area contributed by atoms with Gasteiger partial charge in [0.1, 0.15) is 5.82 Å². The van der Waals surface area contributed by atoms with Gasteiger partial charge in [-0.1, -0.05) is 42.0 Å². The van der Waals surface area contributed by atoms with Gasteiger partial charge in [-0.2, -0.15) is 5.26 Å². The molecule has 0 spiro atoms. The minimum absolute atomic E-state index is 0.0104. The topological polar surface area (TPSA) is 23.8 Å². The zero-order valence-electron chi connectivity index (χ0n) is 10.2. The van der Waals surface area contributed by atoms with Gasteiger partial charge < -0.3 is 0 Å². The molecule has 2 aromatic carbocycles. The standard InChI is InChI=1S/C16H14FN/c1-12-2-4-13(5-3-12)16(10-11-18)14-6-8-15(17)9-7-14/h2-9,16H,10H2,1H3/t16-/m0/s1. The number of rotatable bonds is 3. The Kier molecular flexibility index (Phi) is 3.74. The molecule has 2 aromatic rings. The van der Waals surface area contributed by atoms with Gasteiger partial charge in [-0.15, -0.1) is 0 Å². The van der Waals surface area contributed by atoms with Crippen molar-refractivity contribution in [3.63, 3.8) is 0 Å². The summed E-state index contributed by atoms with van der Waals surface area (Å²) in [6.45, 7) is 2.03. The first-order valence-corrected chi connectivity index (χ1v) is 5.89. The van der Waals surface area contributed by atoms with Crippen LogP contribution in [0.25, 0.3) is 0 Å². The van der Waals surface area contributed by atoms with Gasteiger partial charge in [-0.3, -0.25) is 0 Å². The van der Waals surface area contributed by atoms with Crippen molar-refractivity contribution in [2.24, 2.45) is 0 Å². The normalized spacial score (nSPS) is 11.8. The summed E-state index contributed by atoms with van der Waals surface area (Å²) in [5.41, 5.74) is 3.25. The lowest BCUT2D eigenvalue weighted by atomic mass is 9.88. The zero-order chi connectivity index (χ0) is 13.0. The third-order valence-electron chi connectivity index (χ3n) is 3.05. The molecule has 0 unspecified atom stereocenters. The first-order valence-electron chi connectivity index (χ1n) is 5.89. The number of aryl methyl sites for hydroxylation is 1. The Hall–Kier alpha value is -2.14. The maximum absolute atomic E-state index is 12.9. The van der Waals surface area contributed by atoms with Gasteiger partial charge in [0.2, 0.25) is 0 Å². The summed E-state index contributed by atoms with van der Waals surface area (Å²) in [7, 11) is 0. The summed E-state index contributed by atoms with van der Waals surface area (Å²) < 4.78 is 12.9. The van der Waals surface area contributed by atoms with E-state index in [0.717, 1.165) is 11.1 Å². The van der Waals surface area contributed by atoms with Crippen molar-refractivity contribution < 1.29 is 4.39 Å². The van der Waals surface area contributed by atoms with Crippen molar-refractivity contribution in [2.75, 3.05) is 0 Å². The lowest BCUT2D eigenvalue weighted by Gasteiger charge is -2.15. The van der Waals surface area contributed by atoms with Gasteiger partial charge in [0.25, 0.3) is 0 Å². The van der Waals surface area contributed by atoms with Crippen LogP contribution in [0.5, 0.6) is 0 Å². The predicted octanol–water partition coefficient (Wildman–Crippen LogP) is 4.18. The van der Waals surface area contributed by atoms with E-state index in [9.17, 15) is 4.39 Å². The highest BCUT2D eigenvalue weighted by Gasteiger charge is 2.13. The smallest absolute Gasteiger partial charge is 0.123 e. The van der Waals surface area contributed by atoms with Crippen LogP contribution < -0.4 is 0 Å². The third-order valence-corrected chi connectivity index (χ3v) is 3.05. The van der Waals surface area contributed by atoms with Gasteiger partial charge in [0.05, 0.1) is 6.07 Å². The van der Waals surface area contributed by atoms with Crippen LogP contribution in [0.4, 0.5) is 4.39 Å². The summed E-state index contributed by atoms with van der Waals surface area (Å²) in [6, 6.07) is 16.7. The largest absolute Gasteiger partial charge is 0.207 e. The van der Waals surface area contributed by atoms with E-state index in [1.54, 1.807) is 12.1 Å². The van der Waals surface area contributed by atoms with Crippen molar-refractivity contribution in [3.8, 4) is 6.07 Å². The van der Waals surface area contributed by atoms with E-state index < -0.39 is 0 Å². The van der Waals surface area contributed by atoms with Crippen molar-refractivity contribution in [1.29, 1.82) is 5.26 Å². The molecule has 90 valence electrons. The van der Waals surface area contributed by atoms with Gasteiger partial charge in [-0.05, 0) is 30.2 Å². The maximum atomic E-state index is 12.9. The van der Waals surface area contributed by atoms with Crippen LogP contribution in [0.2, 0.25) is 0 Å².